The molecule has 2 atom stereocenters. The Hall–Kier alpha value is -2.95. The van der Waals surface area contributed by atoms with Gasteiger partial charge in [-0.3, -0.25) is 19.2 Å². The van der Waals surface area contributed by atoms with Crippen LogP contribution in [0.2, 0.25) is 0 Å². The lowest BCUT2D eigenvalue weighted by molar-refractivity contribution is -0.133. The molecule has 4 amide bonds. The Morgan fingerprint density at radius 2 is 1.95 bits per heavy atom. The molecule has 1 aromatic carbocycles. The number of rotatable bonds is 9. The Bertz CT molecular complexity index is 1210. The Balaban J connectivity index is 0.00000420. The summed E-state index contributed by atoms with van der Waals surface area (Å²) < 4.78 is 0. The maximum Gasteiger partial charge on any atom is 0.250 e. The standard InChI is InChI=1S/C28H37N5O4S.ClH/c1-17(2)13-20(31-27(37)28(3,4)29)25(35)30-21-14-19-7-5-8-22(32-11-6-9-23(32)34)24(19)33(26(21)36)15-18-10-12-38-16-18;/h5,7-8,10,12,16-17,20-21H,6,9,11,13-15,29H2,1-4H3,(H,30,35)(H,31,37);1H/t20-,21?;/m1./s1. The van der Waals surface area contributed by atoms with Crippen molar-refractivity contribution in [3.05, 3.63) is 46.2 Å². The number of benzene rings is 1. The molecule has 11 heteroatoms. The zero-order chi connectivity index (χ0) is 27.6. The van der Waals surface area contributed by atoms with Crippen LogP contribution in [0.3, 0.4) is 0 Å². The van der Waals surface area contributed by atoms with E-state index >= 15 is 0 Å². The highest BCUT2D eigenvalue weighted by molar-refractivity contribution is 7.07. The Kier molecular flexibility index (Phi) is 9.79. The van der Waals surface area contributed by atoms with Gasteiger partial charge in [-0.25, -0.2) is 0 Å². The van der Waals surface area contributed by atoms with E-state index in [2.05, 4.69) is 10.6 Å². The number of amides is 4. The van der Waals surface area contributed by atoms with Crippen molar-refractivity contribution >= 4 is 58.7 Å². The molecular formula is C28H38ClN5O4S. The summed E-state index contributed by atoms with van der Waals surface area (Å²) in [5.41, 5.74) is 8.11. The molecule has 212 valence electrons. The van der Waals surface area contributed by atoms with Crippen molar-refractivity contribution < 1.29 is 19.2 Å². The number of nitrogens with one attached hydrogen (secondary N) is 2. The third-order valence-electron chi connectivity index (χ3n) is 6.87. The predicted molar refractivity (Wildman–Crippen MR) is 156 cm³/mol. The zero-order valence-electron chi connectivity index (χ0n) is 22.9. The first-order valence-corrected chi connectivity index (χ1v) is 14.0. The number of halogens is 1. The second kappa shape index (κ2) is 12.5. The summed E-state index contributed by atoms with van der Waals surface area (Å²) >= 11 is 1.55. The lowest BCUT2D eigenvalue weighted by atomic mass is 9.94. The Morgan fingerprint density at radius 1 is 1.21 bits per heavy atom. The van der Waals surface area contributed by atoms with Gasteiger partial charge in [-0.2, -0.15) is 11.3 Å². The van der Waals surface area contributed by atoms with Gasteiger partial charge >= 0.3 is 0 Å². The van der Waals surface area contributed by atoms with E-state index in [-0.39, 0.29) is 30.1 Å². The highest BCUT2D eigenvalue weighted by Gasteiger charge is 2.39. The lowest BCUT2D eigenvalue weighted by Crippen LogP contribution is -2.59. The van der Waals surface area contributed by atoms with E-state index in [1.807, 2.05) is 48.9 Å². The maximum absolute atomic E-state index is 13.9. The number of carbonyl (C=O) groups excluding carboxylic acids is 4. The minimum atomic E-state index is -1.14. The van der Waals surface area contributed by atoms with Crippen molar-refractivity contribution in [2.24, 2.45) is 11.7 Å². The first-order valence-electron chi connectivity index (χ1n) is 13.1. The predicted octanol–water partition coefficient (Wildman–Crippen LogP) is 3.14. The van der Waals surface area contributed by atoms with Gasteiger partial charge in [0.1, 0.15) is 12.1 Å². The van der Waals surface area contributed by atoms with Crippen LogP contribution < -0.4 is 26.2 Å². The molecule has 0 bridgehead atoms. The molecule has 4 rings (SSSR count). The first-order chi connectivity index (χ1) is 18.0. The number of thiophene rings is 1. The van der Waals surface area contributed by atoms with Crippen LogP contribution in [0.15, 0.2) is 35.0 Å². The molecule has 0 aliphatic carbocycles. The maximum atomic E-state index is 13.9. The fraction of sp³-hybridized carbons (Fsp3) is 0.500. The van der Waals surface area contributed by atoms with Crippen LogP contribution in [0.1, 0.15) is 58.1 Å². The van der Waals surface area contributed by atoms with E-state index < -0.39 is 29.4 Å². The van der Waals surface area contributed by atoms with Crippen molar-refractivity contribution in [2.45, 2.75) is 77.5 Å². The molecule has 39 heavy (non-hydrogen) atoms. The summed E-state index contributed by atoms with van der Waals surface area (Å²) in [7, 11) is 0. The average molecular weight is 576 g/mol. The topological polar surface area (TPSA) is 125 Å². The van der Waals surface area contributed by atoms with Gasteiger partial charge in [0.2, 0.25) is 23.6 Å². The molecule has 2 aliphatic rings. The van der Waals surface area contributed by atoms with Crippen LogP contribution >= 0.6 is 23.7 Å². The van der Waals surface area contributed by atoms with Crippen molar-refractivity contribution in [3.8, 4) is 0 Å². The van der Waals surface area contributed by atoms with Crippen molar-refractivity contribution in [3.63, 3.8) is 0 Å². The van der Waals surface area contributed by atoms with Crippen LogP contribution in [-0.4, -0.2) is 47.8 Å². The highest BCUT2D eigenvalue weighted by atomic mass is 35.5. The average Bonchev–Trinajstić information content (AvgIpc) is 3.51. The third-order valence-corrected chi connectivity index (χ3v) is 7.60. The van der Waals surface area contributed by atoms with E-state index in [1.165, 1.54) is 0 Å². The number of nitrogens with zero attached hydrogens (tertiary/aromatic N) is 2. The van der Waals surface area contributed by atoms with E-state index in [0.29, 0.717) is 32.4 Å². The fourth-order valence-corrected chi connectivity index (χ4v) is 5.59. The quantitative estimate of drug-likeness (QED) is 0.424. The smallest absolute Gasteiger partial charge is 0.250 e. The Morgan fingerprint density at radius 3 is 2.54 bits per heavy atom. The van der Waals surface area contributed by atoms with Gasteiger partial charge in [-0.1, -0.05) is 26.0 Å². The molecule has 2 aromatic rings. The SMILES string of the molecule is CC(C)C[C@@H](NC(=O)C(C)(C)N)C(=O)NC1Cc2cccc(N3CCCC3=O)c2N(Cc2ccsc2)C1=O.Cl. The van der Waals surface area contributed by atoms with Gasteiger partial charge in [0.15, 0.2) is 0 Å². The summed E-state index contributed by atoms with van der Waals surface area (Å²) in [6.45, 7) is 8.04. The molecule has 1 unspecified atom stereocenters. The second-order valence-corrected chi connectivity index (χ2v) is 11.9. The van der Waals surface area contributed by atoms with Gasteiger partial charge in [-0.05, 0) is 66.6 Å². The van der Waals surface area contributed by atoms with Crippen LogP contribution in [0, 0.1) is 5.92 Å². The second-order valence-electron chi connectivity index (χ2n) is 11.1. The summed E-state index contributed by atoms with van der Waals surface area (Å²) in [5.74, 6) is -0.917. The van der Waals surface area contributed by atoms with Crippen molar-refractivity contribution in [1.82, 2.24) is 10.6 Å². The fourth-order valence-electron chi connectivity index (χ4n) is 4.93. The number of hydrogen-bond acceptors (Lipinski definition) is 6. The number of para-hydroxylation sites is 1. The molecule has 0 spiro atoms. The summed E-state index contributed by atoms with van der Waals surface area (Å²) in [6, 6.07) is 6.05. The van der Waals surface area contributed by atoms with Crippen LogP contribution in [0.25, 0.3) is 0 Å². The summed E-state index contributed by atoms with van der Waals surface area (Å²) in [6.07, 6.45) is 1.97. The minimum absolute atomic E-state index is 0. The number of hydrogen-bond donors (Lipinski definition) is 3. The number of fused-ring (bicyclic) bond motifs is 1. The minimum Gasteiger partial charge on any atom is -0.343 e. The molecule has 1 saturated heterocycles. The normalized spacial score (nSPS) is 18.1. The van der Waals surface area contributed by atoms with E-state index in [9.17, 15) is 19.2 Å². The van der Waals surface area contributed by atoms with Crippen molar-refractivity contribution in [1.29, 1.82) is 0 Å². The molecule has 2 aliphatic heterocycles. The van der Waals surface area contributed by atoms with E-state index in [1.54, 1.807) is 35.0 Å². The molecule has 1 aromatic heterocycles. The molecule has 0 saturated carbocycles. The molecule has 3 heterocycles. The van der Waals surface area contributed by atoms with Gasteiger partial charge in [-0.15, -0.1) is 12.4 Å². The molecule has 9 nitrogen and oxygen atoms in total. The van der Waals surface area contributed by atoms with Gasteiger partial charge in [0.05, 0.1) is 23.5 Å². The highest BCUT2D eigenvalue weighted by Crippen LogP contribution is 2.40. The third kappa shape index (κ3) is 6.98. The molecular weight excluding hydrogens is 538 g/mol. The largest absolute Gasteiger partial charge is 0.343 e. The van der Waals surface area contributed by atoms with E-state index in [0.717, 1.165) is 28.9 Å². The van der Waals surface area contributed by atoms with Crippen LogP contribution in [-0.2, 0) is 32.1 Å². The van der Waals surface area contributed by atoms with Gasteiger partial charge < -0.3 is 26.2 Å². The van der Waals surface area contributed by atoms with Gasteiger partial charge in [0, 0.05) is 19.4 Å². The summed E-state index contributed by atoms with van der Waals surface area (Å²) in [4.78, 5) is 56.0. The molecule has 0 radical (unpaired) electrons. The summed E-state index contributed by atoms with van der Waals surface area (Å²) in [5, 5.41) is 9.63. The lowest BCUT2D eigenvalue weighted by Gasteiger charge is -2.37. The Labute approximate surface area is 239 Å². The van der Waals surface area contributed by atoms with Crippen LogP contribution in [0.5, 0.6) is 0 Å². The molecule has 1 fully saturated rings. The molecule has 4 N–H and O–H groups in total. The van der Waals surface area contributed by atoms with Crippen molar-refractivity contribution in [2.75, 3.05) is 16.3 Å². The number of anilines is 2. The van der Waals surface area contributed by atoms with E-state index in [4.69, 9.17) is 5.73 Å². The first kappa shape index (κ1) is 30.6. The van der Waals surface area contributed by atoms with Gasteiger partial charge in [0.25, 0.3) is 0 Å². The monoisotopic (exact) mass is 575 g/mol. The number of carbonyl (C=O) groups is 4. The zero-order valence-corrected chi connectivity index (χ0v) is 24.5. The van der Waals surface area contributed by atoms with Crippen LogP contribution in [0.4, 0.5) is 11.4 Å². The number of nitrogens with two attached hydrogens (primary N) is 1.